The van der Waals surface area contributed by atoms with Crippen LogP contribution in [0.2, 0.25) is 0 Å². The number of carboxylic acid groups (broad SMARTS) is 1. The molecule has 2 rings (SSSR count). The second kappa shape index (κ2) is 8.39. The summed E-state index contributed by atoms with van der Waals surface area (Å²) in [5.74, 6) is -0.814. The highest BCUT2D eigenvalue weighted by molar-refractivity contribution is 5.95. The van der Waals surface area contributed by atoms with Gasteiger partial charge in [-0.2, -0.15) is 0 Å². The first-order chi connectivity index (χ1) is 12.0. The minimum Gasteiger partial charge on any atom is -0.481 e. The minimum absolute atomic E-state index is 0.00626. The molecule has 9 nitrogen and oxygen atoms in total. The predicted molar refractivity (Wildman–Crippen MR) is 89.8 cm³/mol. The SMILES string of the molecule is O=C(O)CCCNC(=O)c1cccc(Nc2ccc([N+](=O)[O-])cn2)c1. The van der Waals surface area contributed by atoms with Crippen LogP contribution >= 0.6 is 0 Å². The minimum atomic E-state index is -0.906. The number of carboxylic acids is 1. The number of nitro groups is 1. The van der Waals surface area contributed by atoms with Crippen LogP contribution in [0.5, 0.6) is 0 Å². The molecule has 0 saturated carbocycles. The van der Waals surface area contributed by atoms with Gasteiger partial charge < -0.3 is 15.7 Å². The fraction of sp³-hybridized carbons (Fsp3) is 0.188. The zero-order valence-electron chi connectivity index (χ0n) is 13.1. The molecule has 25 heavy (non-hydrogen) atoms. The van der Waals surface area contributed by atoms with Gasteiger partial charge in [0, 0.05) is 30.3 Å². The van der Waals surface area contributed by atoms with Crippen LogP contribution in [-0.2, 0) is 4.79 Å². The van der Waals surface area contributed by atoms with Crippen molar-refractivity contribution in [3.63, 3.8) is 0 Å². The Balaban J connectivity index is 1.97. The molecule has 1 aromatic heterocycles. The molecule has 3 N–H and O–H groups in total. The van der Waals surface area contributed by atoms with Crippen LogP contribution in [0.3, 0.4) is 0 Å². The summed E-state index contributed by atoms with van der Waals surface area (Å²) in [4.78, 5) is 36.5. The molecule has 0 aliphatic carbocycles. The number of hydrogen-bond donors (Lipinski definition) is 3. The monoisotopic (exact) mass is 344 g/mol. The second-order valence-electron chi connectivity index (χ2n) is 5.12. The maximum absolute atomic E-state index is 12.0. The molecule has 0 aliphatic heterocycles. The Morgan fingerprint density at radius 2 is 2.04 bits per heavy atom. The van der Waals surface area contributed by atoms with Crippen molar-refractivity contribution in [3.8, 4) is 0 Å². The molecule has 0 aliphatic rings. The molecule has 2 aromatic rings. The zero-order valence-corrected chi connectivity index (χ0v) is 13.1. The Morgan fingerprint density at radius 3 is 2.68 bits per heavy atom. The number of aromatic nitrogens is 1. The Bertz CT molecular complexity index is 776. The van der Waals surface area contributed by atoms with E-state index in [-0.39, 0.29) is 24.6 Å². The number of anilines is 2. The second-order valence-corrected chi connectivity index (χ2v) is 5.12. The van der Waals surface area contributed by atoms with E-state index in [0.29, 0.717) is 23.5 Å². The fourth-order valence-corrected chi connectivity index (χ4v) is 2.00. The van der Waals surface area contributed by atoms with Crippen molar-refractivity contribution in [3.05, 3.63) is 58.3 Å². The van der Waals surface area contributed by atoms with Crippen LogP contribution in [0.25, 0.3) is 0 Å². The molecule has 0 bridgehead atoms. The maximum atomic E-state index is 12.0. The van der Waals surface area contributed by atoms with E-state index in [2.05, 4.69) is 15.6 Å². The summed E-state index contributed by atoms with van der Waals surface area (Å²) < 4.78 is 0. The Kier molecular flexibility index (Phi) is 5.99. The van der Waals surface area contributed by atoms with Crippen LogP contribution in [0.1, 0.15) is 23.2 Å². The third kappa shape index (κ3) is 5.57. The van der Waals surface area contributed by atoms with Gasteiger partial charge >= 0.3 is 5.97 Å². The van der Waals surface area contributed by atoms with Crippen LogP contribution in [0.4, 0.5) is 17.2 Å². The van der Waals surface area contributed by atoms with Gasteiger partial charge in [0.1, 0.15) is 12.0 Å². The number of rotatable bonds is 8. The Labute approximate surface area is 142 Å². The van der Waals surface area contributed by atoms with Crippen LogP contribution in [0.15, 0.2) is 42.6 Å². The van der Waals surface area contributed by atoms with Gasteiger partial charge in [0.15, 0.2) is 0 Å². The van der Waals surface area contributed by atoms with Gasteiger partial charge in [-0.25, -0.2) is 4.98 Å². The van der Waals surface area contributed by atoms with Gasteiger partial charge in [-0.1, -0.05) is 6.07 Å². The van der Waals surface area contributed by atoms with E-state index in [9.17, 15) is 19.7 Å². The number of amides is 1. The van der Waals surface area contributed by atoms with Crippen molar-refractivity contribution >= 4 is 29.1 Å². The fourth-order valence-electron chi connectivity index (χ4n) is 2.00. The molecule has 0 spiro atoms. The Hall–Kier alpha value is -3.49. The number of benzene rings is 1. The lowest BCUT2D eigenvalue weighted by atomic mass is 10.2. The summed E-state index contributed by atoms with van der Waals surface area (Å²) in [6.45, 7) is 0.271. The maximum Gasteiger partial charge on any atom is 0.303 e. The van der Waals surface area contributed by atoms with Gasteiger partial charge in [0.05, 0.1) is 4.92 Å². The number of hydrogen-bond acceptors (Lipinski definition) is 6. The predicted octanol–water partition coefficient (Wildman–Crippen LogP) is 2.33. The average molecular weight is 344 g/mol. The molecule has 0 fully saturated rings. The van der Waals surface area contributed by atoms with Gasteiger partial charge in [-0.05, 0) is 30.7 Å². The van der Waals surface area contributed by atoms with E-state index >= 15 is 0 Å². The molecule has 1 amide bonds. The van der Waals surface area contributed by atoms with Crippen LogP contribution in [-0.4, -0.2) is 33.4 Å². The first-order valence-corrected chi connectivity index (χ1v) is 7.43. The first kappa shape index (κ1) is 17.9. The molecule has 0 unspecified atom stereocenters. The number of carbonyl (C=O) groups excluding carboxylic acids is 1. The van der Waals surface area contributed by atoms with E-state index in [4.69, 9.17) is 5.11 Å². The summed E-state index contributed by atoms with van der Waals surface area (Å²) in [5, 5.41) is 24.8. The van der Waals surface area contributed by atoms with Crippen molar-refractivity contribution < 1.29 is 19.6 Å². The molecular formula is C16H16N4O5. The van der Waals surface area contributed by atoms with Crippen molar-refractivity contribution in [2.75, 3.05) is 11.9 Å². The summed E-state index contributed by atoms with van der Waals surface area (Å²) in [7, 11) is 0. The topological polar surface area (TPSA) is 134 Å². The van der Waals surface area contributed by atoms with Crippen LogP contribution < -0.4 is 10.6 Å². The summed E-state index contributed by atoms with van der Waals surface area (Å²) in [5.41, 5.74) is 0.891. The number of nitrogens with one attached hydrogen (secondary N) is 2. The highest BCUT2D eigenvalue weighted by Gasteiger charge is 2.08. The van der Waals surface area contributed by atoms with E-state index in [0.717, 1.165) is 6.20 Å². The molecule has 0 saturated heterocycles. The molecule has 1 heterocycles. The quantitative estimate of drug-likeness (QED) is 0.380. The standard InChI is InChI=1S/C16H16N4O5/c21-15(22)5-2-8-17-16(23)11-3-1-4-12(9-11)19-14-7-6-13(10-18-14)20(24)25/h1,3-4,6-7,9-10H,2,5,8H2,(H,17,23)(H,18,19)(H,21,22). The lowest BCUT2D eigenvalue weighted by molar-refractivity contribution is -0.385. The number of nitrogens with zero attached hydrogens (tertiary/aromatic N) is 2. The van der Waals surface area contributed by atoms with Gasteiger partial charge in [0.2, 0.25) is 0 Å². The summed E-state index contributed by atoms with van der Waals surface area (Å²) in [6, 6.07) is 9.44. The summed E-state index contributed by atoms with van der Waals surface area (Å²) >= 11 is 0. The van der Waals surface area contributed by atoms with Crippen molar-refractivity contribution in [2.24, 2.45) is 0 Å². The van der Waals surface area contributed by atoms with Crippen molar-refractivity contribution in [2.45, 2.75) is 12.8 Å². The first-order valence-electron chi connectivity index (χ1n) is 7.43. The Morgan fingerprint density at radius 1 is 1.24 bits per heavy atom. The molecule has 9 heteroatoms. The smallest absolute Gasteiger partial charge is 0.303 e. The van der Waals surface area contributed by atoms with Gasteiger partial charge in [-0.3, -0.25) is 19.7 Å². The van der Waals surface area contributed by atoms with E-state index in [1.807, 2.05) is 0 Å². The van der Waals surface area contributed by atoms with Crippen LogP contribution in [0, 0.1) is 10.1 Å². The zero-order chi connectivity index (χ0) is 18.2. The number of pyridine rings is 1. The molecule has 1 aromatic carbocycles. The van der Waals surface area contributed by atoms with E-state index in [1.54, 1.807) is 24.3 Å². The van der Waals surface area contributed by atoms with E-state index < -0.39 is 10.9 Å². The number of aliphatic carboxylic acids is 1. The van der Waals surface area contributed by atoms with Crippen molar-refractivity contribution in [1.29, 1.82) is 0 Å². The van der Waals surface area contributed by atoms with E-state index in [1.165, 1.54) is 12.1 Å². The highest BCUT2D eigenvalue weighted by atomic mass is 16.6. The normalized spacial score (nSPS) is 10.1. The average Bonchev–Trinajstić information content (AvgIpc) is 2.59. The lowest BCUT2D eigenvalue weighted by Gasteiger charge is -2.08. The third-order valence-electron chi connectivity index (χ3n) is 3.21. The number of carbonyl (C=O) groups is 2. The molecule has 130 valence electrons. The van der Waals surface area contributed by atoms with Crippen molar-refractivity contribution in [1.82, 2.24) is 10.3 Å². The molecular weight excluding hydrogens is 328 g/mol. The largest absolute Gasteiger partial charge is 0.481 e. The highest BCUT2D eigenvalue weighted by Crippen LogP contribution is 2.18. The summed E-state index contributed by atoms with van der Waals surface area (Å²) in [6.07, 6.45) is 1.49. The lowest BCUT2D eigenvalue weighted by Crippen LogP contribution is -2.24. The third-order valence-corrected chi connectivity index (χ3v) is 3.21. The molecule has 0 radical (unpaired) electrons. The molecule has 0 atom stereocenters. The van der Waals surface area contributed by atoms with Gasteiger partial charge in [0.25, 0.3) is 11.6 Å². The van der Waals surface area contributed by atoms with Gasteiger partial charge in [-0.15, -0.1) is 0 Å².